The van der Waals surface area contributed by atoms with E-state index < -0.39 is 6.10 Å². The van der Waals surface area contributed by atoms with Crippen molar-refractivity contribution in [1.82, 2.24) is 0 Å². The number of aliphatic hydroxyl groups excluding tert-OH is 1. The van der Waals surface area contributed by atoms with E-state index in [2.05, 4.69) is 0 Å². The van der Waals surface area contributed by atoms with Gasteiger partial charge >= 0.3 is 0 Å². The van der Waals surface area contributed by atoms with E-state index in [-0.39, 0.29) is 18.3 Å². The minimum atomic E-state index is -0.762. The molecule has 0 aromatic carbocycles. The van der Waals surface area contributed by atoms with Gasteiger partial charge in [-0.2, -0.15) is 0 Å². The predicted molar refractivity (Wildman–Crippen MR) is 44.8 cm³/mol. The summed E-state index contributed by atoms with van der Waals surface area (Å²) in [4.78, 5) is 11.1. The molecule has 1 rings (SSSR count). The lowest BCUT2D eigenvalue weighted by atomic mass is 10.1. The molecule has 0 amide bonds. The molecule has 0 bridgehead atoms. The Morgan fingerprint density at radius 1 is 1.67 bits per heavy atom. The molecule has 0 spiro atoms. The summed E-state index contributed by atoms with van der Waals surface area (Å²) in [5.41, 5.74) is 0. The fourth-order valence-electron chi connectivity index (χ4n) is 1.08. The van der Waals surface area contributed by atoms with Gasteiger partial charge in [-0.15, -0.1) is 0 Å². The van der Waals surface area contributed by atoms with Gasteiger partial charge in [-0.1, -0.05) is 6.92 Å². The number of ketones is 1. The molecule has 0 heterocycles. The third-order valence-electron chi connectivity index (χ3n) is 1.99. The van der Waals surface area contributed by atoms with Gasteiger partial charge < -0.3 is 9.84 Å². The van der Waals surface area contributed by atoms with Crippen LogP contribution < -0.4 is 0 Å². The number of carbonyl (C=O) groups excluding carboxylic acids is 1. The zero-order valence-corrected chi connectivity index (χ0v) is 7.45. The van der Waals surface area contributed by atoms with E-state index in [4.69, 9.17) is 4.74 Å². The molecule has 3 nitrogen and oxygen atoms in total. The fourth-order valence-corrected chi connectivity index (χ4v) is 1.08. The summed E-state index contributed by atoms with van der Waals surface area (Å²) in [6.45, 7) is 2.66. The van der Waals surface area contributed by atoms with Crippen LogP contribution in [-0.4, -0.2) is 30.2 Å². The number of carbonyl (C=O) groups is 1. The van der Waals surface area contributed by atoms with E-state index in [1.807, 2.05) is 6.92 Å². The summed E-state index contributed by atoms with van der Waals surface area (Å²) in [5.74, 6) is 0.0636. The number of ether oxygens (including phenoxy) is 1. The van der Waals surface area contributed by atoms with Gasteiger partial charge in [-0.05, 0) is 25.2 Å². The zero-order chi connectivity index (χ0) is 8.97. The van der Waals surface area contributed by atoms with Crippen LogP contribution in [0.1, 0.15) is 26.2 Å². The van der Waals surface area contributed by atoms with Crippen molar-refractivity contribution < 1.29 is 14.6 Å². The molecule has 1 aliphatic carbocycles. The third kappa shape index (κ3) is 2.91. The minimum Gasteiger partial charge on any atom is -0.385 e. The van der Waals surface area contributed by atoms with E-state index in [1.54, 1.807) is 0 Å². The average molecular weight is 172 g/mol. The van der Waals surface area contributed by atoms with Crippen LogP contribution in [0.4, 0.5) is 0 Å². The quantitative estimate of drug-likeness (QED) is 0.601. The van der Waals surface area contributed by atoms with Crippen molar-refractivity contribution in [1.29, 1.82) is 0 Å². The van der Waals surface area contributed by atoms with Crippen molar-refractivity contribution >= 4 is 5.78 Å². The highest BCUT2D eigenvalue weighted by Gasteiger charge is 2.34. The highest BCUT2D eigenvalue weighted by molar-refractivity contribution is 5.84. The van der Waals surface area contributed by atoms with E-state index in [1.165, 1.54) is 0 Å². The molecule has 1 N–H and O–H groups in total. The Morgan fingerprint density at radius 2 is 2.33 bits per heavy atom. The van der Waals surface area contributed by atoms with Crippen LogP contribution in [0, 0.1) is 5.92 Å². The second-order valence-electron chi connectivity index (χ2n) is 3.30. The van der Waals surface area contributed by atoms with Crippen LogP contribution in [0.3, 0.4) is 0 Å². The number of Topliss-reactive ketones (excluding diaryl/α,β-unsaturated/α-hetero) is 1. The van der Waals surface area contributed by atoms with Crippen LogP contribution in [0.2, 0.25) is 0 Å². The standard InChI is InChI=1S/C9H16O3/c1-2-5-12-6-8(10)9(11)7-3-4-7/h7,9,11H,2-6H2,1H3. The summed E-state index contributed by atoms with van der Waals surface area (Å²) < 4.78 is 5.03. The first-order valence-corrected chi connectivity index (χ1v) is 4.54. The highest BCUT2D eigenvalue weighted by Crippen LogP contribution is 2.32. The van der Waals surface area contributed by atoms with E-state index in [0.717, 1.165) is 19.3 Å². The lowest BCUT2D eigenvalue weighted by Crippen LogP contribution is -2.26. The molecule has 0 saturated heterocycles. The van der Waals surface area contributed by atoms with Crippen molar-refractivity contribution in [2.75, 3.05) is 13.2 Å². The van der Waals surface area contributed by atoms with Crippen molar-refractivity contribution in [3.63, 3.8) is 0 Å². The van der Waals surface area contributed by atoms with Gasteiger partial charge in [0.2, 0.25) is 0 Å². The molecule has 1 atom stereocenters. The first-order chi connectivity index (χ1) is 5.75. The minimum absolute atomic E-state index is 0.0749. The first kappa shape index (κ1) is 9.68. The predicted octanol–water partition coefficient (Wildman–Crippen LogP) is 0.753. The normalized spacial score (nSPS) is 19.2. The van der Waals surface area contributed by atoms with E-state index >= 15 is 0 Å². The molecule has 70 valence electrons. The Labute approximate surface area is 72.7 Å². The molecule has 0 aliphatic heterocycles. The van der Waals surface area contributed by atoms with Crippen molar-refractivity contribution in [2.24, 2.45) is 5.92 Å². The Balaban J connectivity index is 2.09. The van der Waals surface area contributed by atoms with Crippen LogP contribution in [0.5, 0.6) is 0 Å². The van der Waals surface area contributed by atoms with Gasteiger partial charge in [0.15, 0.2) is 5.78 Å². The Morgan fingerprint density at radius 3 is 2.83 bits per heavy atom. The average Bonchev–Trinajstić information content (AvgIpc) is 2.86. The lowest BCUT2D eigenvalue weighted by Gasteiger charge is -2.07. The van der Waals surface area contributed by atoms with Gasteiger partial charge in [0.05, 0.1) is 0 Å². The van der Waals surface area contributed by atoms with Gasteiger partial charge in [-0.3, -0.25) is 4.79 Å². The van der Waals surface area contributed by atoms with E-state index in [9.17, 15) is 9.90 Å². The fraction of sp³-hybridized carbons (Fsp3) is 0.889. The number of hydrogen-bond donors (Lipinski definition) is 1. The first-order valence-electron chi connectivity index (χ1n) is 4.54. The maximum Gasteiger partial charge on any atom is 0.187 e. The number of rotatable bonds is 6. The van der Waals surface area contributed by atoms with Crippen LogP contribution in [0.15, 0.2) is 0 Å². The molecule has 0 aromatic rings. The molecule has 3 heteroatoms. The SMILES string of the molecule is CCCOCC(=O)C(O)C1CC1. The Bertz CT molecular complexity index is 152. The molecule has 0 radical (unpaired) electrons. The highest BCUT2D eigenvalue weighted by atomic mass is 16.5. The monoisotopic (exact) mass is 172 g/mol. The van der Waals surface area contributed by atoms with E-state index in [0.29, 0.717) is 6.61 Å². The van der Waals surface area contributed by atoms with Crippen LogP contribution >= 0.6 is 0 Å². The lowest BCUT2D eigenvalue weighted by molar-refractivity contribution is -0.132. The molecule has 1 fully saturated rings. The van der Waals surface area contributed by atoms with Crippen LogP contribution in [-0.2, 0) is 9.53 Å². The second-order valence-corrected chi connectivity index (χ2v) is 3.30. The molecule has 1 unspecified atom stereocenters. The largest absolute Gasteiger partial charge is 0.385 e. The second kappa shape index (κ2) is 4.58. The van der Waals surface area contributed by atoms with Crippen LogP contribution in [0.25, 0.3) is 0 Å². The summed E-state index contributed by atoms with van der Waals surface area (Å²) >= 11 is 0. The maximum atomic E-state index is 11.1. The van der Waals surface area contributed by atoms with Gasteiger partial charge in [-0.25, -0.2) is 0 Å². The number of hydrogen-bond acceptors (Lipinski definition) is 3. The topological polar surface area (TPSA) is 46.5 Å². The molecule has 12 heavy (non-hydrogen) atoms. The summed E-state index contributed by atoms with van der Waals surface area (Å²) in [6.07, 6.45) is 2.12. The molecular weight excluding hydrogens is 156 g/mol. The summed E-state index contributed by atoms with van der Waals surface area (Å²) in [7, 11) is 0. The summed E-state index contributed by atoms with van der Waals surface area (Å²) in [6, 6.07) is 0. The molecular formula is C9H16O3. The molecule has 1 aliphatic rings. The van der Waals surface area contributed by atoms with Gasteiger partial charge in [0.25, 0.3) is 0 Å². The smallest absolute Gasteiger partial charge is 0.187 e. The summed E-state index contributed by atoms with van der Waals surface area (Å²) in [5, 5.41) is 9.33. The van der Waals surface area contributed by atoms with Gasteiger partial charge in [0.1, 0.15) is 12.7 Å². The van der Waals surface area contributed by atoms with Gasteiger partial charge in [0, 0.05) is 6.61 Å². The zero-order valence-electron chi connectivity index (χ0n) is 7.45. The Hall–Kier alpha value is -0.410. The van der Waals surface area contributed by atoms with Crippen molar-refractivity contribution in [2.45, 2.75) is 32.3 Å². The molecule has 1 saturated carbocycles. The number of aliphatic hydroxyl groups is 1. The van der Waals surface area contributed by atoms with Crippen molar-refractivity contribution in [3.05, 3.63) is 0 Å². The van der Waals surface area contributed by atoms with Crippen molar-refractivity contribution in [3.8, 4) is 0 Å². The third-order valence-corrected chi connectivity index (χ3v) is 1.99. The maximum absolute atomic E-state index is 11.1. The molecule has 0 aromatic heterocycles. The Kier molecular flexibility index (Phi) is 3.69.